The number of rotatable bonds is 10. The van der Waals surface area contributed by atoms with Gasteiger partial charge in [-0.15, -0.1) is 0 Å². The van der Waals surface area contributed by atoms with Crippen LogP contribution in [-0.4, -0.2) is 51.0 Å². The lowest BCUT2D eigenvalue weighted by Crippen LogP contribution is -2.34. The molecule has 0 saturated heterocycles. The van der Waals surface area contributed by atoms with Gasteiger partial charge < -0.3 is 19.5 Å². The predicted molar refractivity (Wildman–Crippen MR) is 133 cm³/mol. The lowest BCUT2D eigenvalue weighted by molar-refractivity contribution is 0.0989. The molecule has 1 unspecified atom stereocenters. The molecular weight excluding hydrogens is 454 g/mol. The van der Waals surface area contributed by atoms with E-state index in [1.165, 1.54) is 6.92 Å². The molecule has 3 N–H and O–H groups in total. The average molecular weight is 484 g/mol. The minimum Gasteiger partial charge on any atom is -0.456 e. The van der Waals surface area contributed by atoms with E-state index in [9.17, 15) is 18.8 Å². The fourth-order valence-corrected chi connectivity index (χ4v) is 4.85. The maximum atomic E-state index is 12.5. The number of nitrogens with zero attached hydrogens (tertiary/aromatic N) is 2. The van der Waals surface area contributed by atoms with Crippen molar-refractivity contribution in [3.63, 3.8) is 0 Å². The fraction of sp³-hybridized carbons (Fsp3) is 0.320. The summed E-state index contributed by atoms with van der Waals surface area (Å²) in [5.41, 5.74) is 2.13. The standard InChI is InChI=1S/C25H29N3O5S/c1-4-28(5-2)21-9-8-18-12-20(7-6-19(18)13-21)24-11-10-23(33-24)17(3)25(14-26)34(31,32)27-15-22(30)16-29/h6-13,22,27,29-30H,4-5,15-16H2,1-3H3/b25-17+. The number of aliphatic hydroxyl groups is 2. The Balaban J connectivity index is 1.91. The molecule has 180 valence electrons. The van der Waals surface area contributed by atoms with E-state index in [-0.39, 0.29) is 11.3 Å². The molecule has 1 aromatic heterocycles. The van der Waals surface area contributed by atoms with Gasteiger partial charge in [-0.2, -0.15) is 5.26 Å². The Morgan fingerprint density at radius 1 is 1.12 bits per heavy atom. The molecule has 0 aliphatic carbocycles. The Morgan fingerprint density at radius 3 is 2.44 bits per heavy atom. The number of anilines is 1. The van der Waals surface area contributed by atoms with Crippen LogP contribution in [0.5, 0.6) is 0 Å². The van der Waals surface area contributed by atoms with Crippen LogP contribution in [0.4, 0.5) is 5.69 Å². The minimum atomic E-state index is -4.19. The molecule has 0 bridgehead atoms. The van der Waals surface area contributed by atoms with Gasteiger partial charge in [0.05, 0.1) is 12.7 Å². The Bertz CT molecular complexity index is 1330. The topological polar surface area (TPSA) is 127 Å². The molecule has 1 atom stereocenters. The van der Waals surface area contributed by atoms with Gasteiger partial charge in [0.1, 0.15) is 17.6 Å². The lowest BCUT2D eigenvalue weighted by atomic mass is 10.0. The molecule has 0 radical (unpaired) electrons. The Morgan fingerprint density at radius 2 is 1.79 bits per heavy atom. The second-order valence-corrected chi connectivity index (χ2v) is 9.54. The van der Waals surface area contributed by atoms with E-state index in [4.69, 9.17) is 9.52 Å². The van der Waals surface area contributed by atoms with E-state index >= 15 is 0 Å². The SMILES string of the molecule is CCN(CC)c1ccc2cc(-c3ccc(/C(C)=C(\C#N)S(=O)(=O)NCC(O)CO)o3)ccc2c1. The smallest absolute Gasteiger partial charge is 0.251 e. The van der Waals surface area contributed by atoms with Gasteiger partial charge in [-0.25, -0.2) is 13.1 Å². The van der Waals surface area contributed by atoms with Gasteiger partial charge in [-0.05, 0) is 61.9 Å². The first-order chi connectivity index (χ1) is 16.2. The van der Waals surface area contributed by atoms with Crippen molar-refractivity contribution in [1.29, 1.82) is 5.26 Å². The number of hydrogen-bond donors (Lipinski definition) is 3. The maximum Gasteiger partial charge on any atom is 0.251 e. The van der Waals surface area contributed by atoms with Crippen LogP contribution in [0.15, 0.2) is 57.9 Å². The molecule has 0 aliphatic rings. The summed E-state index contributed by atoms with van der Waals surface area (Å²) in [4.78, 5) is 1.77. The molecule has 8 nitrogen and oxygen atoms in total. The van der Waals surface area contributed by atoms with Crippen molar-refractivity contribution < 1.29 is 23.0 Å². The molecular formula is C25H29N3O5S. The largest absolute Gasteiger partial charge is 0.456 e. The lowest BCUT2D eigenvalue weighted by Gasteiger charge is -2.21. The van der Waals surface area contributed by atoms with Gasteiger partial charge in [-0.1, -0.05) is 18.2 Å². The zero-order valence-corrected chi connectivity index (χ0v) is 20.3. The minimum absolute atomic E-state index is 0.143. The van der Waals surface area contributed by atoms with Crippen LogP contribution in [-0.2, 0) is 10.0 Å². The molecule has 34 heavy (non-hydrogen) atoms. The number of nitriles is 1. The Labute approximate surface area is 199 Å². The van der Waals surface area contributed by atoms with Gasteiger partial charge in [0, 0.05) is 36.5 Å². The number of allylic oxidation sites excluding steroid dienone is 2. The number of aliphatic hydroxyl groups excluding tert-OH is 2. The third-order valence-electron chi connectivity index (χ3n) is 5.64. The molecule has 0 amide bonds. The summed E-state index contributed by atoms with van der Waals surface area (Å²) in [5, 5.41) is 29.9. The van der Waals surface area contributed by atoms with Gasteiger partial charge in [0.15, 0.2) is 4.91 Å². The van der Waals surface area contributed by atoms with Crippen LogP contribution < -0.4 is 9.62 Å². The summed E-state index contributed by atoms with van der Waals surface area (Å²) < 4.78 is 33.0. The molecule has 0 saturated carbocycles. The highest BCUT2D eigenvalue weighted by Crippen LogP contribution is 2.31. The van der Waals surface area contributed by atoms with Crippen molar-refractivity contribution in [2.45, 2.75) is 26.9 Å². The zero-order valence-electron chi connectivity index (χ0n) is 19.4. The Kier molecular flexibility index (Phi) is 8.12. The third kappa shape index (κ3) is 5.48. The van der Waals surface area contributed by atoms with E-state index < -0.39 is 34.2 Å². The van der Waals surface area contributed by atoms with Crippen LogP contribution in [0, 0.1) is 11.3 Å². The normalized spacial score (nSPS) is 13.4. The fourth-order valence-electron chi connectivity index (χ4n) is 3.67. The maximum absolute atomic E-state index is 12.5. The van der Waals surface area contributed by atoms with Crippen LogP contribution in [0.2, 0.25) is 0 Å². The van der Waals surface area contributed by atoms with E-state index in [1.54, 1.807) is 18.2 Å². The van der Waals surface area contributed by atoms with E-state index in [0.29, 0.717) is 5.76 Å². The molecule has 0 aliphatic heterocycles. The molecule has 1 heterocycles. The van der Waals surface area contributed by atoms with Crippen LogP contribution >= 0.6 is 0 Å². The number of sulfonamides is 1. The predicted octanol–water partition coefficient (Wildman–Crippen LogP) is 3.47. The van der Waals surface area contributed by atoms with Crippen molar-refractivity contribution in [3.05, 3.63) is 59.2 Å². The monoisotopic (exact) mass is 483 g/mol. The highest BCUT2D eigenvalue weighted by Gasteiger charge is 2.23. The summed E-state index contributed by atoms with van der Waals surface area (Å²) in [6.07, 6.45) is -1.26. The summed E-state index contributed by atoms with van der Waals surface area (Å²) in [6.45, 7) is 6.58. The summed E-state index contributed by atoms with van der Waals surface area (Å²) in [7, 11) is -4.19. The highest BCUT2D eigenvalue weighted by atomic mass is 32.2. The molecule has 0 spiro atoms. The number of hydrogen-bond acceptors (Lipinski definition) is 7. The number of fused-ring (bicyclic) bond motifs is 1. The first-order valence-electron chi connectivity index (χ1n) is 11.0. The number of furan rings is 1. The number of benzene rings is 2. The van der Waals surface area contributed by atoms with Crippen molar-refractivity contribution in [2.75, 3.05) is 31.1 Å². The molecule has 3 rings (SSSR count). The molecule has 2 aromatic carbocycles. The summed E-state index contributed by atoms with van der Waals surface area (Å²) in [5.74, 6) is 0.791. The van der Waals surface area contributed by atoms with Crippen LogP contribution in [0.1, 0.15) is 26.5 Å². The van der Waals surface area contributed by atoms with Crippen molar-refractivity contribution in [3.8, 4) is 17.4 Å². The second-order valence-electron chi connectivity index (χ2n) is 7.84. The van der Waals surface area contributed by atoms with Gasteiger partial charge in [-0.3, -0.25) is 0 Å². The molecule has 9 heteroatoms. The molecule has 0 fully saturated rings. The van der Waals surface area contributed by atoms with Crippen molar-refractivity contribution in [2.24, 2.45) is 0 Å². The molecule has 3 aromatic rings. The van der Waals surface area contributed by atoms with Gasteiger partial charge in [0.25, 0.3) is 10.0 Å². The summed E-state index contributed by atoms with van der Waals surface area (Å²) >= 11 is 0. The first-order valence-corrected chi connectivity index (χ1v) is 12.5. The van der Waals surface area contributed by atoms with Crippen molar-refractivity contribution in [1.82, 2.24) is 4.72 Å². The van der Waals surface area contributed by atoms with E-state index in [0.717, 1.165) is 35.1 Å². The third-order valence-corrected chi connectivity index (χ3v) is 7.12. The van der Waals surface area contributed by atoms with E-state index in [2.05, 4.69) is 41.7 Å². The first kappa shape index (κ1) is 25.5. The van der Waals surface area contributed by atoms with E-state index in [1.807, 2.05) is 18.2 Å². The Hall–Kier alpha value is -3.16. The number of nitrogens with one attached hydrogen (secondary N) is 1. The van der Waals surface area contributed by atoms with Crippen molar-refractivity contribution >= 4 is 32.1 Å². The quantitative estimate of drug-likeness (QED) is 0.377. The van der Waals surface area contributed by atoms with Crippen LogP contribution in [0.3, 0.4) is 0 Å². The average Bonchev–Trinajstić information content (AvgIpc) is 3.33. The second kappa shape index (κ2) is 10.8. The highest BCUT2D eigenvalue weighted by molar-refractivity contribution is 7.93. The van der Waals surface area contributed by atoms with Gasteiger partial charge in [0.2, 0.25) is 0 Å². The van der Waals surface area contributed by atoms with Gasteiger partial charge >= 0.3 is 0 Å². The zero-order chi connectivity index (χ0) is 24.9. The summed E-state index contributed by atoms with van der Waals surface area (Å²) in [6, 6.07) is 17.3. The van der Waals surface area contributed by atoms with Crippen LogP contribution in [0.25, 0.3) is 27.7 Å².